The fraction of sp³-hybridized carbons (Fsp3) is 0.571. The van der Waals surface area contributed by atoms with Crippen molar-refractivity contribution < 1.29 is 13.2 Å². The van der Waals surface area contributed by atoms with Gasteiger partial charge in [0.25, 0.3) is 0 Å². The topological polar surface area (TPSA) is 43.4 Å². The third-order valence-electron chi connectivity index (χ3n) is 2.90. The van der Waals surface area contributed by atoms with Crippen LogP contribution in [0.1, 0.15) is 31.9 Å². The number of alkyl halides is 1. The monoisotopic (exact) mass is 348 g/mol. The third-order valence-corrected chi connectivity index (χ3v) is 6.08. The molecule has 0 aliphatic carbocycles. The van der Waals surface area contributed by atoms with Gasteiger partial charge in [0.15, 0.2) is 9.84 Å². The van der Waals surface area contributed by atoms with E-state index < -0.39 is 14.6 Å². The lowest BCUT2D eigenvalue weighted by Crippen LogP contribution is -2.32. The van der Waals surface area contributed by atoms with E-state index in [9.17, 15) is 8.42 Å². The molecule has 3 nitrogen and oxygen atoms in total. The van der Waals surface area contributed by atoms with Crippen molar-refractivity contribution in [2.45, 2.75) is 37.8 Å². The largest absolute Gasteiger partial charge is 0.492 e. The maximum atomic E-state index is 12.0. The zero-order chi connectivity index (χ0) is 14.7. The van der Waals surface area contributed by atoms with Crippen molar-refractivity contribution in [2.24, 2.45) is 0 Å². The Hall–Kier alpha value is -0.550. The van der Waals surface area contributed by atoms with Gasteiger partial charge < -0.3 is 4.74 Å². The van der Waals surface area contributed by atoms with Crippen molar-refractivity contribution in [1.82, 2.24) is 0 Å². The fourth-order valence-electron chi connectivity index (χ4n) is 1.52. The van der Waals surface area contributed by atoms with Gasteiger partial charge in [-0.1, -0.05) is 33.6 Å². The average molecular weight is 349 g/mol. The molecule has 0 N–H and O–H groups in total. The standard InChI is InChI=1S/C14H21BrO3S/c1-11-5-6-13(12(9-11)10-15)18-7-8-19(16,17)14(2,3)4/h5-6,9H,7-8,10H2,1-4H3. The van der Waals surface area contributed by atoms with Crippen molar-refractivity contribution in [2.75, 3.05) is 12.4 Å². The molecule has 1 rings (SSSR count). The van der Waals surface area contributed by atoms with E-state index in [2.05, 4.69) is 15.9 Å². The van der Waals surface area contributed by atoms with Gasteiger partial charge in [-0.25, -0.2) is 8.42 Å². The molecule has 0 heterocycles. The molecule has 0 amide bonds. The van der Waals surface area contributed by atoms with E-state index in [-0.39, 0.29) is 12.4 Å². The first kappa shape index (κ1) is 16.5. The van der Waals surface area contributed by atoms with Crippen molar-refractivity contribution >= 4 is 25.8 Å². The molecule has 0 atom stereocenters. The number of aryl methyl sites for hydroxylation is 1. The van der Waals surface area contributed by atoms with Gasteiger partial charge in [0.2, 0.25) is 0 Å². The van der Waals surface area contributed by atoms with Crippen LogP contribution in [0, 0.1) is 6.92 Å². The van der Waals surface area contributed by atoms with E-state index >= 15 is 0 Å². The highest BCUT2D eigenvalue weighted by Gasteiger charge is 2.28. The van der Waals surface area contributed by atoms with Crippen LogP contribution >= 0.6 is 15.9 Å². The molecule has 0 radical (unpaired) electrons. The van der Waals surface area contributed by atoms with Crippen LogP contribution in [0.2, 0.25) is 0 Å². The van der Waals surface area contributed by atoms with Crippen LogP contribution in [-0.2, 0) is 15.2 Å². The van der Waals surface area contributed by atoms with E-state index in [0.717, 1.165) is 16.9 Å². The van der Waals surface area contributed by atoms with Crippen molar-refractivity contribution in [3.8, 4) is 5.75 Å². The predicted octanol–water partition coefficient (Wildman–Crippen LogP) is 3.48. The molecule has 0 aliphatic heterocycles. The van der Waals surface area contributed by atoms with Gasteiger partial charge in [-0.15, -0.1) is 0 Å². The summed E-state index contributed by atoms with van der Waals surface area (Å²) in [5.74, 6) is 0.776. The molecule has 0 aliphatic rings. The van der Waals surface area contributed by atoms with Gasteiger partial charge in [0.05, 0.1) is 10.5 Å². The summed E-state index contributed by atoms with van der Waals surface area (Å²) < 4.78 is 28.8. The van der Waals surface area contributed by atoms with Gasteiger partial charge in [-0.3, -0.25) is 0 Å². The summed E-state index contributed by atoms with van der Waals surface area (Å²) in [6.07, 6.45) is 0. The van der Waals surface area contributed by atoms with Crippen LogP contribution in [0.3, 0.4) is 0 Å². The number of sulfone groups is 1. The van der Waals surface area contributed by atoms with Crippen LogP contribution in [0.15, 0.2) is 18.2 Å². The van der Waals surface area contributed by atoms with Gasteiger partial charge in [0.1, 0.15) is 12.4 Å². The minimum absolute atomic E-state index is 0.0338. The summed E-state index contributed by atoms with van der Waals surface area (Å²) in [5.41, 5.74) is 2.19. The number of hydrogen-bond acceptors (Lipinski definition) is 3. The van der Waals surface area contributed by atoms with E-state index in [1.165, 1.54) is 0 Å². The SMILES string of the molecule is Cc1ccc(OCCS(=O)(=O)C(C)(C)C)c(CBr)c1. The summed E-state index contributed by atoms with van der Waals surface area (Å²) in [6, 6.07) is 5.87. The van der Waals surface area contributed by atoms with Crippen molar-refractivity contribution in [3.05, 3.63) is 29.3 Å². The first-order chi connectivity index (χ1) is 8.67. The molecule has 5 heteroatoms. The molecular weight excluding hydrogens is 328 g/mol. The maximum Gasteiger partial charge on any atom is 0.158 e. The lowest BCUT2D eigenvalue weighted by atomic mass is 10.1. The zero-order valence-corrected chi connectivity index (χ0v) is 14.3. The second-order valence-electron chi connectivity index (χ2n) is 5.52. The predicted molar refractivity (Wildman–Crippen MR) is 82.8 cm³/mol. The van der Waals surface area contributed by atoms with Crippen LogP contribution in [0.5, 0.6) is 5.75 Å². The maximum absolute atomic E-state index is 12.0. The van der Waals surface area contributed by atoms with Crippen LogP contribution in [0.25, 0.3) is 0 Å². The molecule has 0 unspecified atom stereocenters. The first-order valence-electron chi connectivity index (χ1n) is 6.18. The number of ether oxygens (including phenoxy) is 1. The zero-order valence-electron chi connectivity index (χ0n) is 11.9. The minimum Gasteiger partial charge on any atom is -0.492 e. The number of halogens is 1. The van der Waals surface area contributed by atoms with Crippen LogP contribution in [0.4, 0.5) is 0 Å². The van der Waals surface area contributed by atoms with Gasteiger partial charge in [0, 0.05) is 10.9 Å². The Bertz CT molecular complexity index is 530. The number of benzene rings is 1. The van der Waals surface area contributed by atoms with Crippen LogP contribution < -0.4 is 4.74 Å². The highest BCUT2D eigenvalue weighted by molar-refractivity contribution is 9.08. The number of hydrogen-bond donors (Lipinski definition) is 0. The molecule has 0 spiro atoms. The molecule has 1 aromatic carbocycles. The smallest absolute Gasteiger partial charge is 0.158 e. The summed E-state index contributed by atoms with van der Waals surface area (Å²) >= 11 is 3.41. The fourth-order valence-corrected chi connectivity index (χ4v) is 2.87. The number of rotatable bonds is 5. The average Bonchev–Trinajstić information content (AvgIpc) is 2.29. The molecule has 0 saturated heterocycles. The van der Waals surface area contributed by atoms with Crippen molar-refractivity contribution in [3.63, 3.8) is 0 Å². The Morgan fingerprint density at radius 3 is 2.42 bits per heavy atom. The molecule has 0 aromatic heterocycles. The quantitative estimate of drug-likeness (QED) is 0.765. The van der Waals surface area contributed by atoms with Crippen LogP contribution in [-0.4, -0.2) is 25.5 Å². The first-order valence-corrected chi connectivity index (χ1v) is 8.95. The molecule has 0 bridgehead atoms. The molecule has 0 fully saturated rings. The summed E-state index contributed by atoms with van der Waals surface area (Å²) in [7, 11) is -3.13. The Morgan fingerprint density at radius 1 is 1.26 bits per heavy atom. The van der Waals surface area contributed by atoms with E-state index in [1.807, 2.05) is 25.1 Å². The molecule has 1 aromatic rings. The van der Waals surface area contributed by atoms with E-state index in [0.29, 0.717) is 5.33 Å². The van der Waals surface area contributed by atoms with E-state index in [1.54, 1.807) is 20.8 Å². The lowest BCUT2D eigenvalue weighted by Gasteiger charge is -2.19. The second-order valence-corrected chi connectivity index (χ2v) is 8.95. The molecular formula is C14H21BrO3S. The summed E-state index contributed by atoms with van der Waals surface area (Å²) in [6.45, 7) is 7.32. The highest BCUT2D eigenvalue weighted by atomic mass is 79.9. The minimum atomic E-state index is -3.13. The molecule has 19 heavy (non-hydrogen) atoms. The highest BCUT2D eigenvalue weighted by Crippen LogP contribution is 2.23. The Labute approximate surface area is 124 Å². The van der Waals surface area contributed by atoms with Gasteiger partial charge in [-0.2, -0.15) is 0 Å². The van der Waals surface area contributed by atoms with E-state index in [4.69, 9.17) is 4.74 Å². The Balaban J connectivity index is 2.69. The Kier molecular flexibility index (Phi) is 5.44. The van der Waals surface area contributed by atoms with Crippen molar-refractivity contribution in [1.29, 1.82) is 0 Å². The van der Waals surface area contributed by atoms with Gasteiger partial charge >= 0.3 is 0 Å². The summed E-state index contributed by atoms with van der Waals surface area (Å²) in [5, 5.41) is 0.691. The normalized spacial score (nSPS) is 12.5. The Morgan fingerprint density at radius 2 is 1.89 bits per heavy atom. The summed E-state index contributed by atoms with van der Waals surface area (Å²) in [4.78, 5) is 0. The van der Waals surface area contributed by atoms with Gasteiger partial charge in [-0.05, 0) is 33.8 Å². The second kappa shape index (κ2) is 6.27. The lowest BCUT2D eigenvalue weighted by molar-refractivity contribution is 0.337. The molecule has 0 saturated carbocycles. The third kappa shape index (κ3) is 4.49. The molecule has 108 valence electrons.